The van der Waals surface area contributed by atoms with Crippen LogP contribution >= 0.6 is 0 Å². The van der Waals surface area contributed by atoms with E-state index in [1.165, 1.54) is 25.3 Å². The highest BCUT2D eigenvalue weighted by Gasteiger charge is 2.37. The van der Waals surface area contributed by atoms with E-state index in [9.17, 15) is 4.39 Å². The summed E-state index contributed by atoms with van der Waals surface area (Å²) in [6, 6.07) is 6.91. The second kappa shape index (κ2) is 5.52. The summed E-state index contributed by atoms with van der Waals surface area (Å²) in [5.74, 6) is 1.27. The molecule has 0 aromatic heterocycles. The van der Waals surface area contributed by atoms with Crippen molar-refractivity contribution in [3.8, 4) is 0 Å². The van der Waals surface area contributed by atoms with E-state index < -0.39 is 0 Å². The van der Waals surface area contributed by atoms with E-state index in [0.29, 0.717) is 11.3 Å². The molecule has 0 spiro atoms. The summed E-state index contributed by atoms with van der Waals surface area (Å²) < 4.78 is 13.3. The van der Waals surface area contributed by atoms with Crippen LogP contribution in [0.5, 0.6) is 0 Å². The van der Waals surface area contributed by atoms with Crippen LogP contribution in [0.15, 0.2) is 24.3 Å². The molecule has 1 fully saturated rings. The Balaban J connectivity index is 2.10. The van der Waals surface area contributed by atoms with E-state index in [-0.39, 0.29) is 5.82 Å². The quantitative estimate of drug-likeness (QED) is 0.762. The molecule has 1 saturated carbocycles. The van der Waals surface area contributed by atoms with Crippen molar-refractivity contribution in [2.24, 2.45) is 17.3 Å². The zero-order valence-corrected chi connectivity index (χ0v) is 12.6. The SMILES string of the molecule is C[C@H]1CCCC(C)(C)[C@@H]1CN(C)c1cccc(F)c1. The van der Waals surface area contributed by atoms with Gasteiger partial charge in [0.2, 0.25) is 0 Å². The molecule has 0 heterocycles. The minimum absolute atomic E-state index is 0.152. The summed E-state index contributed by atoms with van der Waals surface area (Å²) in [6.07, 6.45) is 3.97. The molecule has 0 unspecified atom stereocenters. The molecule has 1 aromatic rings. The summed E-state index contributed by atoms with van der Waals surface area (Å²) >= 11 is 0. The number of nitrogens with zero attached hydrogens (tertiary/aromatic N) is 1. The fourth-order valence-electron chi connectivity index (χ4n) is 3.58. The Hall–Kier alpha value is -1.05. The van der Waals surface area contributed by atoms with E-state index in [1.807, 2.05) is 6.07 Å². The molecule has 1 nitrogen and oxygen atoms in total. The van der Waals surface area contributed by atoms with Crippen LogP contribution in [0.2, 0.25) is 0 Å². The average molecular weight is 263 g/mol. The van der Waals surface area contributed by atoms with Gasteiger partial charge in [-0.15, -0.1) is 0 Å². The summed E-state index contributed by atoms with van der Waals surface area (Å²) in [7, 11) is 2.08. The van der Waals surface area contributed by atoms with Crippen molar-refractivity contribution in [2.75, 3.05) is 18.5 Å². The van der Waals surface area contributed by atoms with Gasteiger partial charge in [0, 0.05) is 19.3 Å². The van der Waals surface area contributed by atoms with Gasteiger partial charge in [0.05, 0.1) is 0 Å². The van der Waals surface area contributed by atoms with Crippen molar-refractivity contribution in [1.29, 1.82) is 0 Å². The van der Waals surface area contributed by atoms with Crippen LogP contribution in [0, 0.1) is 23.1 Å². The van der Waals surface area contributed by atoms with E-state index in [4.69, 9.17) is 0 Å². The normalized spacial score (nSPS) is 26.2. The Kier molecular flexibility index (Phi) is 4.17. The van der Waals surface area contributed by atoms with Crippen molar-refractivity contribution in [2.45, 2.75) is 40.0 Å². The van der Waals surface area contributed by atoms with Crippen LogP contribution in [0.4, 0.5) is 10.1 Å². The Labute approximate surface area is 116 Å². The molecule has 106 valence electrons. The van der Waals surface area contributed by atoms with Gasteiger partial charge in [-0.1, -0.05) is 39.7 Å². The lowest BCUT2D eigenvalue weighted by atomic mass is 9.64. The maximum atomic E-state index is 13.3. The lowest BCUT2D eigenvalue weighted by molar-refractivity contribution is 0.0899. The third-order valence-electron chi connectivity index (χ3n) is 4.89. The molecule has 1 aromatic carbocycles. The van der Waals surface area contributed by atoms with E-state index >= 15 is 0 Å². The van der Waals surface area contributed by atoms with Gasteiger partial charge in [-0.05, 0) is 41.9 Å². The predicted molar refractivity (Wildman–Crippen MR) is 80.0 cm³/mol. The molecule has 0 saturated heterocycles. The Morgan fingerprint density at radius 2 is 2.11 bits per heavy atom. The number of anilines is 1. The van der Waals surface area contributed by atoms with E-state index in [2.05, 4.69) is 32.7 Å². The van der Waals surface area contributed by atoms with Crippen LogP contribution in [0.25, 0.3) is 0 Å². The lowest BCUT2D eigenvalue weighted by Crippen LogP contribution is -2.41. The van der Waals surface area contributed by atoms with Crippen molar-refractivity contribution in [3.05, 3.63) is 30.1 Å². The van der Waals surface area contributed by atoms with Gasteiger partial charge >= 0.3 is 0 Å². The first-order chi connectivity index (χ1) is 8.90. The molecule has 0 radical (unpaired) electrons. The largest absolute Gasteiger partial charge is 0.374 e. The maximum Gasteiger partial charge on any atom is 0.125 e. The first-order valence-electron chi connectivity index (χ1n) is 7.37. The molecular formula is C17H26FN. The fraction of sp³-hybridized carbons (Fsp3) is 0.647. The fourth-order valence-corrected chi connectivity index (χ4v) is 3.58. The molecule has 1 aliphatic rings. The predicted octanol–water partition coefficient (Wildman–Crippen LogP) is 4.72. The molecule has 1 aliphatic carbocycles. The van der Waals surface area contributed by atoms with Crippen molar-refractivity contribution < 1.29 is 4.39 Å². The van der Waals surface area contributed by atoms with Gasteiger partial charge in [0.1, 0.15) is 5.82 Å². The topological polar surface area (TPSA) is 3.24 Å². The van der Waals surface area contributed by atoms with Crippen molar-refractivity contribution in [3.63, 3.8) is 0 Å². The molecule has 19 heavy (non-hydrogen) atoms. The molecule has 0 amide bonds. The highest BCUT2D eigenvalue weighted by atomic mass is 19.1. The number of rotatable bonds is 3. The first kappa shape index (κ1) is 14.4. The Morgan fingerprint density at radius 1 is 1.37 bits per heavy atom. The number of halogens is 1. The zero-order valence-electron chi connectivity index (χ0n) is 12.6. The number of benzene rings is 1. The molecular weight excluding hydrogens is 237 g/mol. The molecule has 2 heteroatoms. The highest BCUT2D eigenvalue weighted by molar-refractivity contribution is 5.45. The smallest absolute Gasteiger partial charge is 0.125 e. The minimum Gasteiger partial charge on any atom is -0.374 e. The van der Waals surface area contributed by atoms with Crippen molar-refractivity contribution >= 4 is 5.69 Å². The average Bonchev–Trinajstić information content (AvgIpc) is 2.33. The number of hydrogen-bond donors (Lipinski definition) is 0. The molecule has 0 bridgehead atoms. The third-order valence-corrected chi connectivity index (χ3v) is 4.89. The Morgan fingerprint density at radius 3 is 2.74 bits per heavy atom. The van der Waals surface area contributed by atoms with E-state index in [1.54, 1.807) is 12.1 Å². The number of hydrogen-bond acceptors (Lipinski definition) is 1. The van der Waals surface area contributed by atoms with Crippen LogP contribution in [0.1, 0.15) is 40.0 Å². The second-order valence-electron chi connectivity index (χ2n) is 6.82. The lowest BCUT2D eigenvalue weighted by Gasteiger charge is -2.45. The third kappa shape index (κ3) is 3.29. The summed E-state index contributed by atoms with van der Waals surface area (Å²) in [5, 5.41) is 0. The van der Waals surface area contributed by atoms with E-state index in [0.717, 1.165) is 18.2 Å². The van der Waals surface area contributed by atoms with Crippen LogP contribution in [-0.2, 0) is 0 Å². The summed E-state index contributed by atoms with van der Waals surface area (Å²) in [5.41, 5.74) is 1.37. The highest BCUT2D eigenvalue weighted by Crippen LogP contribution is 2.44. The summed E-state index contributed by atoms with van der Waals surface area (Å²) in [6.45, 7) is 8.14. The van der Waals surface area contributed by atoms with Crippen LogP contribution < -0.4 is 4.90 Å². The second-order valence-corrected chi connectivity index (χ2v) is 6.82. The first-order valence-corrected chi connectivity index (χ1v) is 7.37. The van der Waals surface area contributed by atoms with Gasteiger partial charge in [0.25, 0.3) is 0 Å². The van der Waals surface area contributed by atoms with Gasteiger partial charge in [-0.2, -0.15) is 0 Å². The standard InChI is InChI=1S/C17H26FN/c1-13-7-6-10-17(2,3)16(13)12-19(4)15-9-5-8-14(18)11-15/h5,8-9,11,13,16H,6-7,10,12H2,1-4H3/t13-,16+/m0/s1. The van der Waals surface area contributed by atoms with Gasteiger partial charge < -0.3 is 4.90 Å². The molecule has 0 aliphatic heterocycles. The van der Waals surface area contributed by atoms with Gasteiger partial charge in [-0.25, -0.2) is 4.39 Å². The monoisotopic (exact) mass is 263 g/mol. The van der Waals surface area contributed by atoms with Crippen LogP contribution in [-0.4, -0.2) is 13.6 Å². The summed E-state index contributed by atoms with van der Waals surface area (Å²) in [4.78, 5) is 2.21. The van der Waals surface area contributed by atoms with Crippen LogP contribution in [0.3, 0.4) is 0 Å². The van der Waals surface area contributed by atoms with Gasteiger partial charge in [0.15, 0.2) is 0 Å². The minimum atomic E-state index is -0.152. The Bertz CT molecular complexity index is 427. The maximum absolute atomic E-state index is 13.3. The van der Waals surface area contributed by atoms with Gasteiger partial charge in [-0.3, -0.25) is 0 Å². The van der Waals surface area contributed by atoms with Crippen molar-refractivity contribution in [1.82, 2.24) is 0 Å². The zero-order chi connectivity index (χ0) is 14.0. The molecule has 0 N–H and O–H groups in total. The molecule has 2 rings (SSSR count). The molecule has 2 atom stereocenters.